The number of alkyl halides is 2. The fraction of sp³-hybridized carbons (Fsp3) is 0.379. The smallest absolute Gasteiger partial charge is 0.410 e. The van der Waals surface area contributed by atoms with Gasteiger partial charge in [0, 0.05) is 30.3 Å². The first-order chi connectivity index (χ1) is 20.1. The van der Waals surface area contributed by atoms with E-state index in [1.54, 1.807) is 25.2 Å². The average Bonchev–Trinajstić information content (AvgIpc) is 3.78. The van der Waals surface area contributed by atoms with Gasteiger partial charge in [0.1, 0.15) is 16.1 Å². The molecule has 42 heavy (non-hydrogen) atoms. The Bertz CT molecular complexity index is 1390. The molecule has 0 aliphatic heterocycles. The molecule has 1 aliphatic carbocycles. The summed E-state index contributed by atoms with van der Waals surface area (Å²) in [6.07, 6.45) is 2.83. The molecule has 3 aromatic rings. The van der Waals surface area contributed by atoms with Gasteiger partial charge in [0.25, 0.3) is 0 Å². The van der Waals surface area contributed by atoms with Crippen molar-refractivity contribution in [2.24, 2.45) is 5.92 Å². The zero-order valence-corrected chi connectivity index (χ0v) is 24.7. The quantitative estimate of drug-likeness (QED) is 0.171. The Hall–Kier alpha value is -3.70. The SMILES string of the molecule is COc1ccc(CN(C)C(=O)O[C@@H](Cc2c(Cl)c[n+](O)cc2Cl)c2ccc(OC(F)F)c(OCC3CC3)c2)cc1OC. The van der Waals surface area contributed by atoms with Crippen LogP contribution < -0.4 is 23.7 Å². The van der Waals surface area contributed by atoms with Crippen LogP contribution in [0.3, 0.4) is 0 Å². The minimum atomic E-state index is -3.05. The highest BCUT2D eigenvalue weighted by Gasteiger charge is 2.27. The van der Waals surface area contributed by atoms with Crippen LogP contribution in [0.4, 0.5) is 13.6 Å². The van der Waals surface area contributed by atoms with Gasteiger partial charge in [-0.15, -0.1) is 0 Å². The lowest BCUT2D eigenvalue weighted by Gasteiger charge is -2.24. The second-order valence-electron chi connectivity index (χ2n) is 9.77. The highest BCUT2D eigenvalue weighted by molar-refractivity contribution is 6.35. The zero-order valence-electron chi connectivity index (χ0n) is 23.2. The van der Waals surface area contributed by atoms with Crippen LogP contribution in [0.5, 0.6) is 23.0 Å². The maximum Gasteiger partial charge on any atom is 0.410 e. The van der Waals surface area contributed by atoms with E-state index in [9.17, 15) is 18.8 Å². The molecular weight excluding hydrogens is 597 g/mol. The van der Waals surface area contributed by atoms with Gasteiger partial charge in [-0.1, -0.05) is 35.3 Å². The molecule has 0 bridgehead atoms. The number of rotatable bonds is 13. The van der Waals surface area contributed by atoms with E-state index in [4.69, 9.17) is 42.1 Å². The summed E-state index contributed by atoms with van der Waals surface area (Å²) in [6.45, 7) is -2.53. The van der Waals surface area contributed by atoms with Crippen molar-refractivity contribution < 1.29 is 47.2 Å². The van der Waals surface area contributed by atoms with Crippen LogP contribution in [-0.2, 0) is 17.7 Å². The van der Waals surface area contributed by atoms with Gasteiger partial charge in [0.2, 0.25) is 12.4 Å². The van der Waals surface area contributed by atoms with E-state index in [0.717, 1.165) is 18.4 Å². The van der Waals surface area contributed by atoms with Crippen molar-refractivity contribution in [2.45, 2.75) is 38.5 Å². The summed E-state index contributed by atoms with van der Waals surface area (Å²) in [5.74, 6) is 1.36. The van der Waals surface area contributed by atoms with Crippen LogP contribution in [0.1, 0.15) is 35.6 Å². The summed E-state index contributed by atoms with van der Waals surface area (Å²) in [6, 6.07) is 9.62. The van der Waals surface area contributed by atoms with Gasteiger partial charge in [-0.25, -0.2) is 4.79 Å². The molecule has 4 rings (SSSR count). The van der Waals surface area contributed by atoms with Crippen LogP contribution in [0.2, 0.25) is 10.0 Å². The van der Waals surface area contributed by atoms with Crippen molar-refractivity contribution in [1.82, 2.24) is 4.90 Å². The molecule has 1 aromatic heterocycles. The first kappa shape index (κ1) is 31.2. The van der Waals surface area contributed by atoms with Crippen molar-refractivity contribution in [2.75, 3.05) is 27.9 Å². The number of halogens is 4. The third-order valence-electron chi connectivity index (χ3n) is 6.61. The number of methoxy groups -OCH3 is 2. The van der Waals surface area contributed by atoms with Crippen LogP contribution in [0.25, 0.3) is 0 Å². The summed E-state index contributed by atoms with van der Waals surface area (Å²) < 4.78 is 53.9. The van der Waals surface area contributed by atoms with Crippen LogP contribution in [0.15, 0.2) is 48.8 Å². The molecule has 1 atom stereocenters. The molecule has 0 radical (unpaired) electrons. The number of hydrogen-bond acceptors (Lipinski definition) is 7. The number of benzene rings is 2. The maximum absolute atomic E-state index is 13.3. The number of amides is 1. The molecule has 0 spiro atoms. The molecule has 1 amide bonds. The number of ether oxygens (including phenoxy) is 5. The number of carbonyl (C=O) groups excluding carboxylic acids is 1. The lowest BCUT2D eigenvalue weighted by molar-refractivity contribution is -0.904. The van der Waals surface area contributed by atoms with Crippen molar-refractivity contribution in [3.05, 3.63) is 75.5 Å². The van der Waals surface area contributed by atoms with Crippen LogP contribution >= 0.6 is 23.2 Å². The van der Waals surface area contributed by atoms with E-state index in [1.807, 2.05) is 0 Å². The minimum Gasteiger partial charge on any atom is -0.493 e. The van der Waals surface area contributed by atoms with Crippen LogP contribution in [0, 0.1) is 5.92 Å². The average molecular weight is 628 g/mol. The van der Waals surface area contributed by atoms with Gasteiger partial charge < -0.3 is 28.6 Å². The molecule has 1 saturated carbocycles. The predicted molar refractivity (Wildman–Crippen MR) is 149 cm³/mol. The van der Waals surface area contributed by atoms with E-state index in [2.05, 4.69) is 4.74 Å². The molecule has 1 fully saturated rings. The first-order valence-corrected chi connectivity index (χ1v) is 13.8. The second kappa shape index (κ2) is 14.0. The lowest BCUT2D eigenvalue weighted by atomic mass is 10.0. The summed E-state index contributed by atoms with van der Waals surface area (Å²) in [5, 5.41) is 10.1. The standard InChI is InChI=1S/C29H31Cl2F2N2O7/c1-34(13-18-6-8-23(38-2)26(10-18)39-3)29(36)42-25(12-20-21(30)14-35(37)15-22(20)31)19-7-9-24(41-28(32)33)27(11-19)40-16-17-4-5-17/h6-11,14-15,17,25,28,37H,4-5,12-13,16H2,1-3H3/q+1/t25-/m0/s1. The molecule has 1 N–H and O–H groups in total. The number of nitrogens with zero attached hydrogens (tertiary/aromatic N) is 2. The number of carbonyl (C=O) groups is 1. The Balaban J connectivity index is 1.62. The van der Waals surface area contributed by atoms with E-state index in [1.165, 1.54) is 49.7 Å². The lowest BCUT2D eigenvalue weighted by Crippen LogP contribution is -2.30. The molecular formula is C29H31Cl2F2N2O7+. The largest absolute Gasteiger partial charge is 0.493 e. The number of aromatic nitrogens is 1. The van der Waals surface area contributed by atoms with Crippen molar-refractivity contribution in [3.63, 3.8) is 0 Å². The Morgan fingerprint density at radius 2 is 1.69 bits per heavy atom. The van der Waals surface area contributed by atoms with E-state index >= 15 is 0 Å². The zero-order chi connectivity index (χ0) is 30.4. The van der Waals surface area contributed by atoms with Crippen molar-refractivity contribution in [3.8, 4) is 23.0 Å². The Morgan fingerprint density at radius 3 is 2.31 bits per heavy atom. The second-order valence-corrected chi connectivity index (χ2v) is 10.6. The molecule has 226 valence electrons. The molecule has 0 unspecified atom stereocenters. The van der Waals surface area contributed by atoms with Crippen molar-refractivity contribution >= 4 is 29.3 Å². The highest BCUT2D eigenvalue weighted by Crippen LogP contribution is 2.38. The van der Waals surface area contributed by atoms with E-state index < -0.39 is 18.8 Å². The first-order valence-electron chi connectivity index (χ1n) is 13.0. The van der Waals surface area contributed by atoms with Gasteiger partial charge in [0.05, 0.1) is 20.8 Å². The minimum absolute atomic E-state index is 0.00552. The van der Waals surface area contributed by atoms with Gasteiger partial charge in [0.15, 0.2) is 23.0 Å². The molecule has 1 aliphatic rings. The molecule has 1 heterocycles. The van der Waals surface area contributed by atoms with Gasteiger partial charge in [-0.3, -0.25) is 5.21 Å². The van der Waals surface area contributed by atoms with E-state index in [-0.39, 0.29) is 34.5 Å². The summed E-state index contributed by atoms with van der Waals surface area (Å²) in [7, 11) is 4.61. The Kier molecular flexibility index (Phi) is 10.4. The van der Waals surface area contributed by atoms with Gasteiger partial charge >= 0.3 is 12.7 Å². The highest BCUT2D eigenvalue weighted by atomic mass is 35.5. The fourth-order valence-corrected chi connectivity index (χ4v) is 4.81. The summed E-state index contributed by atoms with van der Waals surface area (Å²) >= 11 is 12.7. The fourth-order valence-electron chi connectivity index (χ4n) is 4.20. The third-order valence-corrected chi connectivity index (χ3v) is 7.26. The molecule has 2 aromatic carbocycles. The Labute approximate surface area is 252 Å². The number of pyridine rings is 1. The topological polar surface area (TPSA) is 90.6 Å². The predicted octanol–water partition coefficient (Wildman–Crippen LogP) is 6.48. The normalized spacial score (nSPS) is 13.4. The Morgan fingerprint density at radius 1 is 1.02 bits per heavy atom. The number of hydrogen-bond donors (Lipinski definition) is 1. The van der Waals surface area contributed by atoms with E-state index in [0.29, 0.717) is 39.9 Å². The summed E-state index contributed by atoms with van der Waals surface area (Å²) in [4.78, 5) is 14.7. The summed E-state index contributed by atoms with van der Waals surface area (Å²) in [5.41, 5.74) is 1.59. The van der Waals surface area contributed by atoms with Crippen molar-refractivity contribution in [1.29, 1.82) is 0 Å². The molecule has 0 saturated heterocycles. The third kappa shape index (κ3) is 8.19. The van der Waals surface area contributed by atoms with Crippen LogP contribution in [-0.4, -0.2) is 50.7 Å². The molecule has 9 nitrogen and oxygen atoms in total. The maximum atomic E-state index is 13.3. The molecule has 13 heteroatoms. The monoisotopic (exact) mass is 627 g/mol. The van der Waals surface area contributed by atoms with Gasteiger partial charge in [-0.05, 0) is 54.2 Å². The van der Waals surface area contributed by atoms with Gasteiger partial charge in [-0.2, -0.15) is 8.78 Å².